The first-order valence-electron chi connectivity index (χ1n) is 6.41. The van der Waals surface area contributed by atoms with Gasteiger partial charge in [-0.3, -0.25) is 4.79 Å². The van der Waals surface area contributed by atoms with Gasteiger partial charge in [-0.15, -0.1) is 10.2 Å². The molecule has 0 aliphatic carbocycles. The lowest BCUT2D eigenvalue weighted by molar-refractivity contribution is -0.137. The summed E-state index contributed by atoms with van der Waals surface area (Å²) in [6, 6.07) is 7.51. The number of aryl methyl sites for hydroxylation is 1. The summed E-state index contributed by atoms with van der Waals surface area (Å²) in [5, 5.41) is 17.1. The fourth-order valence-electron chi connectivity index (χ4n) is 1.82. The average Bonchev–Trinajstić information content (AvgIpc) is 2.85. The molecule has 106 valence electrons. The van der Waals surface area contributed by atoms with Crippen LogP contribution in [-0.2, 0) is 17.6 Å². The van der Waals surface area contributed by atoms with Gasteiger partial charge in [0, 0.05) is 17.9 Å². The van der Waals surface area contributed by atoms with Crippen LogP contribution >= 0.6 is 11.6 Å². The number of carbonyl (C=O) groups is 1. The summed E-state index contributed by atoms with van der Waals surface area (Å²) in [6.07, 6.45) is 2.60. The first kappa shape index (κ1) is 14.5. The van der Waals surface area contributed by atoms with E-state index in [1.807, 2.05) is 24.3 Å². The maximum atomic E-state index is 10.4. The molecule has 0 amide bonds. The number of nitrogens with zero attached hydrogens (tertiary/aromatic N) is 2. The number of hydrogen-bond donors (Lipinski definition) is 1. The highest BCUT2D eigenvalue weighted by Gasteiger charge is 2.09. The van der Waals surface area contributed by atoms with Gasteiger partial charge in [-0.2, -0.15) is 0 Å². The highest BCUT2D eigenvalue weighted by atomic mass is 35.5. The number of benzene rings is 1. The lowest BCUT2D eigenvalue weighted by Crippen LogP contribution is -1.95. The normalized spacial score (nSPS) is 10.7. The molecule has 0 aliphatic rings. The number of carboxylic acid groups (broad SMARTS) is 1. The summed E-state index contributed by atoms with van der Waals surface area (Å²) < 4.78 is 5.52. The van der Waals surface area contributed by atoms with Crippen LogP contribution in [0.3, 0.4) is 0 Å². The van der Waals surface area contributed by atoms with Crippen LogP contribution in [0.25, 0.3) is 0 Å². The Bertz CT molecular complexity index is 583. The lowest BCUT2D eigenvalue weighted by atomic mass is 10.1. The number of rotatable bonds is 7. The third-order valence-corrected chi connectivity index (χ3v) is 3.21. The molecule has 5 nitrogen and oxygen atoms in total. The maximum absolute atomic E-state index is 10.4. The van der Waals surface area contributed by atoms with E-state index in [4.69, 9.17) is 21.1 Å². The molecular weight excluding hydrogens is 280 g/mol. The molecule has 0 spiro atoms. The molecule has 6 heteroatoms. The van der Waals surface area contributed by atoms with Crippen LogP contribution in [0.1, 0.15) is 36.6 Å². The average molecular weight is 295 g/mol. The molecule has 0 saturated heterocycles. The van der Waals surface area contributed by atoms with Crippen molar-refractivity contribution in [2.24, 2.45) is 0 Å². The number of hydrogen-bond acceptors (Lipinski definition) is 4. The Balaban J connectivity index is 1.86. The third kappa shape index (κ3) is 4.35. The number of halogens is 1. The van der Waals surface area contributed by atoms with E-state index in [1.54, 1.807) is 0 Å². The highest BCUT2D eigenvalue weighted by molar-refractivity contribution is 6.31. The Labute approximate surface area is 121 Å². The Hall–Kier alpha value is -1.88. The number of aliphatic carboxylic acids is 1. The lowest BCUT2D eigenvalue weighted by Gasteiger charge is -1.99. The summed E-state index contributed by atoms with van der Waals surface area (Å²) in [5.41, 5.74) is 0.940. The first-order chi connectivity index (χ1) is 9.65. The van der Waals surface area contributed by atoms with E-state index in [0.717, 1.165) is 12.0 Å². The second-order valence-corrected chi connectivity index (χ2v) is 4.87. The molecule has 1 N–H and O–H groups in total. The molecule has 1 aromatic carbocycles. The summed E-state index contributed by atoms with van der Waals surface area (Å²) in [7, 11) is 0. The monoisotopic (exact) mass is 294 g/mol. The fourth-order valence-corrected chi connectivity index (χ4v) is 2.02. The molecule has 0 atom stereocenters. The predicted octanol–water partition coefficient (Wildman–Crippen LogP) is 3.11. The predicted molar refractivity (Wildman–Crippen MR) is 73.7 cm³/mol. The number of aromatic nitrogens is 2. The third-order valence-electron chi connectivity index (χ3n) is 2.84. The van der Waals surface area contributed by atoms with Gasteiger partial charge in [-0.25, -0.2) is 0 Å². The minimum absolute atomic E-state index is 0.167. The van der Waals surface area contributed by atoms with Crippen molar-refractivity contribution in [2.75, 3.05) is 0 Å². The summed E-state index contributed by atoms with van der Waals surface area (Å²) >= 11 is 6.07. The molecule has 20 heavy (non-hydrogen) atoms. The van der Waals surface area contributed by atoms with Gasteiger partial charge in [0.2, 0.25) is 11.8 Å². The van der Waals surface area contributed by atoms with Crippen molar-refractivity contribution in [3.63, 3.8) is 0 Å². The van der Waals surface area contributed by atoms with Crippen molar-refractivity contribution < 1.29 is 14.3 Å². The molecule has 0 bridgehead atoms. The Morgan fingerprint density at radius 2 is 1.95 bits per heavy atom. The second kappa shape index (κ2) is 7.05. The van der Waals surface area contributed by atoms with E-state index in [-0.39, 0.29) is 6.42 Å². The fraction of sp³-hybridized carbons (Fsp3) is 0.357. The standard InChI is InChI=1S/C14H15ClN2O3/c15-11-6-2-1-5-10(11)9-13-17-16-12(20-13)7-3-4-8-14(18)19/h1-2,5-6H,3-4,7-9H2,(H,18,19). The van der Waals surface area contributed by atoms with Crippen LogP contribution in [0.2, 0.25) is 5.02 Å². The van der Waals surface area contributed by atoms with Gasteiger partial charge in [0.1, 0.15) is 0 Å². The van der Waals surface area contributed by atoms with Crippen molar-refractivity contribution in [3.8, 4) is 0 Å². The first-order valence-corrected chi connectivity index (χ1v) is 6.79. The van der Waals surface area contributed by atoms with Gasteiger partial charge in [-0.1, -0.05) is 29.8 Å². The van der Waals surface area contributed by atoms with Crippen LogP contribution in [0.4, 0.5) is 0 Å². The van der Waals surface area contributed by atoms with Crippen LogP contribution in [0.15, 0.2) is 28.7 Å². The van der Waals surface area contributed by atoms with E-state index in [0.29, 0.717) is 36.1 Å². The minimum Gasteiger partial charge on any atom is -0.481 e. The van der Waals surface area contributed by atoms with Gasteiger partial charge >= 0.3 is 5.97 Å². The van der Waals surface area contributed by atoms with Crippen molar-refractivity contribution in [3.05, 3.63) is 46.6 Å². The Morgan fingerprint density at radius 3 is 2.70 bits per heavy atom. The van der Waals surface area contributed by atoms with Gasteiger partial charge in [-0.05, 0) is 24.5 Å². The zero-order valence-corrected chi connectivity index (χ0v) is 11.6. The molecule has 1 aromatic heterocycles. The molecular formula is C14H15ClN2O3. The van der Waals surface area contributed by atoms with Crippen LogP contribution in [0.5, 0.6) is 0 Å². The topological polar surface area (TPSA) is 76.2 Å². The molecule has 0 aliphatic heterocycles. The molecule has 0 radical (unpaired) electrons. The van der Waals surface area contributed by atoms with E-state index in [1.165, 1.54) is 0 Å². The Morgan fingerprint density at radius 1 is 1.20 bits per heavy atom. The SMILES string of the molecule is O=C(O)CCCCc1nnc(Cc2ccccc2Cl)o1. The summed E-state index contributed by atoms with van der Waals surface area (Å²) in [6.45, 7) is 0. The van der Waals surface area contributed by atoms with Gasteiger partial charge in [0.05, 0.1) is 6.42 Å². The Kier molecular flexibility index (Phi) is 5.12. The van der Waals surface area contributed by atoms with Crippen molar-refractivity contribution >= 4 is 17.6 Å². The zero-order valence-electron chi connectivity index (χ0n) is 10.9. The summed E-state index contributed by atoms with van der Waals surface area (Å²) in [5.74, 6) is 0.277. The highest BCUT2D eigenvalue weighted by Crippen LogP contribution is 2.18. The minimum atomic E-state index is -0.782. The molecule has 2 rings (SSSR count). The number of carboxylic acids is 1. The second-order valence-electron chi connectivity index (χ2n) is 4.46. The van der Waals surface area contributed by atoms with Gasteiger partial charge in [0.25, 0.3) is 0 Å². The summed E-state index contributed by atoms with van der Waals surface area (Å²) in [4.78, 5) is 10.4. The zero-order chi connectivity index (χ0) is 14.4. The van der Waals surface area contributed by atoms with Crippen LogP contribution in [-0.4, -0.2) is 21.3 Å². The van der Waals surface area contributed by atoms with Crippen molar-refractivity contribution in [2.45, 2.75) is 32.1 Å². The van der Waals surface area contributed by atoms with Crippen LogP contribution in [0, 0.1) is 0 Å². The molecule has 1 heterocycles. The molecule has 0 fully saturated rings. The van der Waals surface area contributed by atoms with E-state index in [2.05, 4.69) is 10.2 Å². The smallest absolute Gasteiger partial charge is 0.303 e. The van der Waals surface area contributed by atoms with Crippen molar-refractivity contribution in [1.82, 2.24) is 10.2 Å². The van der Waals surface area contributed by atoms with Gasteiger partial charge < -0.3 is 9.52 Å². The molecule has 2 aromatic rings. The van der Waals surface area contributed by atoms with Gasteiger partial charge in [0.15, 0.2) is 0 Å². The molecule has 0 saturated carbocycles. The quantitative estimate of drug-likeness (QED) is 0.794. The largest absolute Gasteiger partial charge is 0.481 e. The van der Waals surface area contributed by atoms with Crippen molar-refractivity contribution in [1.29, 1.82) is 0 Å². The molecule has 0 unspecified atom stereocenters. The van der Waals surface area contributed by atoms with E-state index >= 15 is 0 Å². The maximum Gasteiger partial charge on any atom is 0.303 e. The van der Waals surface area contributed by atoms with E-state index in [9.17, 15) is 4.79 Å². The van der Waals surface area contributed by atoms with E-state index < -0.39 is 5.97 Å². The van der Waals surface area contributed by atoms with Crippen LogP contribution < -0.4 is 0 Å². The number of unbranched alkanes of at least 4 members (excludes halogenated alkanes) is 1.